The first-order valence-electron chi connectivity index (χ1n) is 9.83. The Kier molecular flexibility index (Phi) is 4.90. The van der Waals surface area contributed by atoms with Gasteiger partial charge in [-0.2, -0.15) is 0 Å². The molecule has 2 fully saturated rings. The van der Waals surface area contributed by atoms with Crippen LogP contribution in [0.1, 0.15) is 42.6 Å². The lowest BCUT2D eigenvalue weighted by Crippen LogP contribution is -2.51. The first kappa shape index (κ1) is 17.4. The lowest BCUT2D eigenvalue weighted by atomic mass is 9.83. The van der Waals surface area contributed by atoms with Crippen LogP contribution >= 0.6 is 0 Å². The van der Waals surface area contributed by atoms with Gasteiger partial charge in [0.2, 0.25) is 0 Å². The van der Waals surface area contributed by atoms with Crippen molar-refractivity contribution in [3.63, 3.8) is 0 Å². The summed E-state index contributed by atoms with van der Waals surface area (Å²) < 4.78 is 7.26. The SMILES string of the molecule is COc1ccc2c(c1)cc(C(=O)NCC1CCCN3CCCCC13)n2C. The standard InChI is InChI=1S/C21H29N3O2/c1-23-18-9-8-17(26-2)12-16(18)13-20(23)21(25)22-14-15-6-5-11-24-10-4-3-7-19(15)24/h8-9,12-13,15,19H,3-7,10-11,14H2,1-2H3,(H,22,25). The molecule has 0 aliphatic carbocycles. The second kappa shape index (κ2) is 7.31. The summed E-state index contributed by atoms with van der Waals surface area (Å²) in [5, 5.41) is 4.25. The minimum absolute atomic E-state index is 0.0237. The van der Waals surface area contributed by atoms with Gasteiger partial charge in [0.25, 0.3) is 5.91 Å². The molecule has 2 aliphatic heterocycles. The predicted octanol–water partition coefficient (Wildman–Crippen LogP) is 3.18. The van der Waals surface area contributed by atoms with E-state index in [0.717, 1.165) is 23.2 Å². The highest BCUT2D eigenvalue weighted by Gasteiger charge is 2.33. The van der Waals surface area contributed by atoms with Crippen LogP contribution in [-0.4, -0.2) is 48.2 Å². The summed E-state index contributed by atoms with van der Waals surface area (Å²) in [5.41, 5.74) is 1.76. The van der Waals surface area contributed by atoms with E-state index in [1.54, 1.807) is 7.11 Å². The number of methoxy groups -OCH3 is 1. The van der Waals surface area contributed by atoms with E-state index in [9.17, 15) is 4.79 Å². The van der Waals surface area contributed by atoms with Gasteiger partial charge < -0.3 is 19.5 Å². The van der Waals surface area contributed by atoms with Gasteiger partial charge in [-0.1, -0.05) is 6.42 Å². The average Bonchev–Trinajstić information content (AvgIpc) is 3.02. The number of nitrogens with zero attached hydrogens (tertiary/aromatic N) is 2. The van der Waals surface area contributed by atoms with Gasteiger partial charge in [0, 0.05) is 30.5 Å². The minimum Gasteiger partial charge on any atom is -0.497 e. The number of ether oxygens (including phenoxy) is 1. The molecule has 26 heavy (non-hydrogen) atoms. The van der Waals surface area contributed by atoms with Gasteiger partial charge in [0.1, 0.15) is 11.4 Å². The van der Waals surface area contributed by atoms with E-state index in [1.807, 2.05) is 35.9 Å². The largest absolute Gasteiger partial charge is 0.497 e. The number of aromatic nitrogens is 1. The molecule has 2 aromatic rings. The number of rotatable bonds is 4. The number of piperidine rings is 2. The fraction of sp³-hybridized carbons (Fsp3) is 0.571. The van der Waals surface area contributed by atoms with Crippen molar-refractivity contribution in [3.8, 4) is 5.75 Å². The van der Waals surface area contributed by atoms with Crippen LogP contribution in [0, 0.1) is 5.92 Å². The first-order valence-corrected chi connectivity index (χ1v) is 9.83. The van der Waals surface area contributed by atoms with Crippen LogP contribution in [-0.2, 0) is 7.05 Å². The Balaban J connectivity index is 1.46. The molecule has 0 spiro atoms. The van der Waals surface area contributed by atoms with E-state index < -0.39 is 0 Å². The molecule has 2 aliphatic rings. The van der Waals surface area contributed by atoms with Crippen molar-refractivity contribution in [3.05, 3.63) is 30.0 Å². The number of carbonyl (C=O) groups excluding carboxylic acids is 1. The Hall–Kier alpha value is -2.01. The van der Waals surface area contributed by atoms with Gasteiger partial charge in [-0.15, -0.1) is 0 Å². The normalized spacial score (nSPS) is 23.6. The van der Waals surface area contributed by atoms with Crippen LogP contribution < -0.4 is 10.1 Å². The zero-order valence-electron chi connectivity index (χ0n) is 15.8. The molecule has 1 aromatic heterocycles. The molecule has 5 heteroatoms. The summed E-state index contributed by atoms with van der Waals surface area (Å²) in [5.74, 6) is 1.42. The molecule has 5 nitrogen and oxygen atoms in total. The second-order valence-corrected chi connectivity index (χ2v) is 7.72. The quantitative estimate of drug-likeness (QED) is 0.916. The molecule has 2 saturated heterocycles. The summed E-state index contributed by atoms with van der Waals surface area (Å²) >= 11 is 0. The van der Waals surface area contributed by atoms with Crippen molar-refractivity contribution in [2.45, 2.75) is 38.1 Å². The maximum absolute atomic E-state index is 12.8. The van der Waals surface area contributed by atoms with Crippen molar-refractivity contribution in [2.75, 3.05) is 26.7 Å². The Morgan fingerprint density at radius 3 is 2.88 bits per heavy atom. The molecule has 2 unspecified atom stereocenters. The first-order chi connectivity index (χ1) is 12.7. The van der Waals surface area contributed by atoms with E-state index in [1.165, 1.54) is 45.2 Å². The highest BCUT2D eigenvalue weighted by molar-refractivity contribution is 5.99. The number of benzene rings is 1. The molecule has 2 atom stereocenters. The minimum atomic E-state index is 0.0237. The monoisotopic (exact) mass is 355 g/mol. The number of nitrogens with one attached hydrogen (secondary N) is 1. The second-order valence-electron chi connectivity index (χ2n) is 7.72. The molecule has 0 radical (unpaired) electrons. The van der Waals surface area contributed by atoms with E-state index in [-0.39, 0.29) is 5.91 Å². The van der Waals surface area contributed by atoms with Crippen LogP contribution in [0.5, 0.6) is 5.75 Å². The summed E-state index contributed by atoms with van der Waals surface area (Å²) in [6.07, 6.45) is 6.43. The number of hydrogen-bond donors (Lipinski definition) is 1. The number of hydrogen-bond acceptors (Lipinski definition) is 3. The van der Waals surface area contributed by atoms with Gasteiger partial charge >= 0.3 is 0 Å². The smallest absolute Gasteiger partial charge is 0.267 e. The van der Waals surface area contributed by atoms with Crippen molar-refractivity contribution in [2.24, 2.45) is 13.0 Å². The summed E-state index contributed by atoms with van der Waals surface area (Å²) in [6, 6.07) is 8.54. The summed E-state index contributed by atoms with van der Waals surface area (Å²) in [4.78, 5) is 15.5. The van der Waals surface area contributed by atoms with Crippen molar-refractivity contribution >= 4 is 16.8 Å². The third kappa shape index (κ3) is 3.20. The maximum Gasteiger partial charge on any atom is 0.267 e. The number of carbonyl (C=O) groups is 1. The van der Waals surface area contributed by atoms with Crippen LogP contribution in [0.15, 0.2) is 24.3 Å². The van der Waals surface area contributed by atoms with Crippen molar-refractivity contribution in [1.29, 1.82) is 0 Å². The van der Waals surface area contributed by atoms with Crippen molar-refractivity contribution in [1.82, 2.24) is 14.8 Å². The molecule has 0 saturated carbocycles. The van der Waals surface area contributed by atoms with E-state index in [0.29, 0.717) is 17.7 Å². The Labute approximate surface area is 155 Å². The molecule has 1 aromatic carbocycles. The lowest BCUT2D eigenvalue weighted by molar-refractivity contribution is 0.0574. The van der Waals surface area contributed by atoms with Gasteiger partial charge in [-0.05, 0) is 69.0 Å². The third-order valence-electron chi connectivity index (χ3n) is 6.24. The maximum atomic E-state index is 12.8. The van der Waals surface area contributed by atoms with Crippen LogP contribution in [0.4, 0.5) is 0 Å². The molecular weight excluding hydrogens is 326 g/mol. The molecule has 1 amide bonds. The highest BCUT2D eigenvalue weighted by atomic mass is 16.5. The van der Waals surface area contributed by atoms with Crippen LogP contribution in [0.2, 0.25) is 0 Å². The number of amides is 1. The zero-order valence-corrected chi connectivity index (χ0v) is 15.8. The van der Waals surface area contributed by atoms with Crippen molar-refractivity contribution < 1.29 is 9.53 Å². The molecule has 140 valence electrons. The van der Waals surface area contributed by atoms with E-state index in [2.05, 4.69) is 10.2 Å². The third-order valence-corrected chi connectivity index (χ3v) is 6.24. The summed E-state index contributed by atoms with van der Waals surface area (Å²) in [7, 11) is 3.61. The Morgan fingerprint density at radius 2 is 2.04 bits per heavy atom. The molecule has 4 rings (SSSR count). The summed E-state index contributed by atoms with van der Waals surface area (Å²) in [6.45, 7) is 3.26. The van der Waals surface area contributed by atoms with Gasteiger partial charge in [0.15, 0.2) is 0 Å². The topological polar surface area (TPSA) is 46.5 Å². The number of fused-ring (bicyclic) bond motifs is 2. The van der Waals surface area contributed by atoms with Gasteiger partial charge in [0.05, 0.1) is 7.11 Å². The Bertz CT molecular complexity index is 796. The van der Waals surface area contributed by atoms with Gasteiger partial charge in [-0.25, -0.2) is 0 Å². The molecule has 0 bridgehead atoms. The predicted molar refractivity (Wildman–Crippen MR) is 104 cm³/mol. The zero-order chi connectivity index (χ0) is 18.1. The average molecular weight is 355 g/mol. The molecule has 1 N–H and O–H groups in total. The van der Waals surface area contributed by atoms with Crippen LogP contribution in [0.3, 0.4) is 0 Å². The highest BCUT2D eigenvalue weighted by Crippen LogP contribution is 2.30. The van der Waals surface area contributed by atoms with Gasteiger partial charge in [-0.3, -0.25) is 4.79 Å². The lowest BCUT2D eigenvalue weighted by Gasteiger charge is -2.44. The molecular formula is C21H29N3O2. The fourth-order valence-electron chi connectivity index (χ4n) is 4.80. The van der Waals surface area contributed by atoms with E-state index >= 15 is 0 Å². The Morgan fingerprint density at radius 1 is 1.19 bits per heavy atom. The molecule has 3 heterocycles. The van der Waals surface area contributed by atoms with Crippen LogP contribution in [0.25, 0.3) is 10.9 Å². The number of aryl methyl sites for hydroxylation is 1. The van der Waals surface area contributed by atoms with E-state index in [4.69, 9.17) is 4.74 Å². The fourth-order valence-corrected chi connectivity index (χ4v) is 4.80.